The van der Waals surface area contributed by atoms with Crippen LogP contribution in [0.3, 0.4) is 0 Å². The van der Waals surface area contributed by atoms with Gasteiger partial charge >= 0.3 is 0 Å². The molecule has 21 heavy (non-hydrogen) atoms. The van der Waals surface area contributed by atoms with Crippen LogP contribution in [0, 0.1) is 0 Å². The molecule has 1 heterocycles. The molecule has 2 aromatic carbocycles. The van der Waals surface area contributed by atoms with E-state index in [4.69, 9.17) is 0 Å². The Morgan fingerprint density at radius 2 is 1.76 bits per heavy atom. The predicted molar refractivity (Wildman–Crippen MR) is 81.6 cm³/mol. The van der Waals surface area contributed by atoms with Gasteiger partial charge in [0.15, 0.2) is 0 Å². The summed E-state index contributed by atoms with van der Waals surface area (Å²) in [7, 11) is 0. The standard InChI is InChI=1S/C17H17N3O/c1-13(21)15-7-9-16(10-8-15)17-12-20(19-18-17)11-14-5-3-2-4-6-14/h2-10,12-13,21H,11H2,1H3. The summed E-state index contributed by atoms with van der Waals surface area (Å²) in [5.74, 6) is 0. The van der Waals surface area contributed by atoms with Crippen molar-refractivity contribution in [2.75, 3.05) is 0 Å². The molecule has 0 fully saturated rings. The van der Waals surface area contributed by atoms with Crippen LogP contribution in [0.2, 0.25) is 0 Å². The van der Waals surface area contributed by atoms with Crippen molar-refractivity contribution in [1.82, 2.24) is 15.0 Å². The van der Waals surface area contributed by atoms with Crippen LogP contribution >= 0.6 is 0 Å². The number of aliphatic hydroxyl groups is 1. The molecule has 0 spiro atoms. The monoisotopic (exact) mass is 279 g/mol. The number of nitrogens with zero attached hydrogens (tertiary/aromatic N) is 3. The number of aromatic nitrogens is 3. The molecule has 1 atom stereocenters. The quantitative estimate of drug-likeness (QED) is 0.798. The normalized spacial score (nSPS) is 12.3. The second-order valence-corrected chi connectivity index (χ2v) is 5.08. The third kappa shape index (κ3) is 3.17. The fraction of sp³-hybridized carbons (Fsp3) is 0.176. The zero-order valence-electron chi connectivity index (χ0n) is 11.8. The van der Waals surface area contributed by atoms with E-state index in [0.717, 1.165) is 16.8 Å². The maximum atomic E-state index is 9.52. The van der Waals surface area contributed by atoms with E-state index in [2.05, 4.69) is 22.4 Å². The first kappa shape index (κ1) is 13.5. The Labute approximate surface area is 123 Å². The second kappa shape index (κ2) is 5.89. The smallest absolute Gasteiger partial charge is 0.113 e. The van der Waals surface area contributed by atoms with E-state index < -0.39 is 6.10 Å². The number of rotatable bonds is 4. The van der Waals surface area contributed by atoms with Gasteiger partial charge < -0.3 is 5.11 Å². The van der Waals surface area contributed by atoms with Gasteiger partial charge in [-0.1, -0.05) is 59.8 Å². The van der Waals surface area contributed by atoms with E-state index in [9.17, 15) is 5.11 Å². The lowest BCUT2D eigenvalue weighted by atomic mass is 10.1. The van der Waals surface area contributed by atoms with Crippen molar-refractivity contribution in [3.05, 3.63) is 71.9 Å². The fourth-order valence-corrected chi connectivity index (χ4v) is 2.21. The van der Waals surface area contributed by atoms with Gasteiger partial charge in [0, 0.05) is 5.56 Å². The molecular formula is C17H17N3O. The SMILES string of the molecule is CC(O)c1ccc(-c2cn(Cc3ccccc3)nn2)cc1. The summed E-state index contributed by atoms with van der Waals surface area (Å²) in [5, 5.41) is 17.9. The molecule has 106 valence electrons. The van der Waals surface area contributed by atoms with Crippen LogP contribution in [0.4, 0.5) is 0 Å². The Hall–Kier alpha value is -2.46. The van der Waals surface area contributed by atoms with Gasteiger partial charge in [0.05, 0.1) is 18.8 Å². The maximum Gasteiger partial charge on any atom is 0.113 e. The molecular weight excluding hydrogens is 262 g/mol. The highest BCUT2D eigenvalue weighted by Gasteiger charge is 2.06. The second-order valence-electron chi connectivity index (χ2n) is 5.08. The highest BCUT2D eigenvalue weighted by molar-refractivity contribution is 5.58. The van der Waals surface area contributed by atoms with Crippen molar-refractivity contribution in [1.29, 1.82) is 0 Å². The van der Waals surface area contributed by atoms with Crippen LogP contribution in [0.5, 0.6) is 0 Å². The van der Waals surface area contributed by atoms with Crippen molar-refractivity contribution >= 4 is 0 Å². The zero-order chi connectivity index (χ0) is 14.7. The van der Waals surface area contributed by atoms with E-state index in [1.165, 1.54) is 5.56 Å². The molecule has 0 aliphatic carbocycles. The molecule has 1 aromatic heterocycles. The van der Waals surface area contributed by atoms with Crippen molar-refractivity contribution < 1.29 is 5.11 Å². The first-order valence-corrected chi connectivity index (χ1v) is 6.95. The molecule has 3 aromatic rings. The van der Waals surface area contributed by atoms with Gasteiger partial charge in [-0.2, -0.15) is 0 Å². The molecule has 1 unspecified atom stereocenters. The van der Waals surface area contributed by atoms with Crippen molar-refractivity contribution in [2.45, 2.75) is 19.6 Å². The van der Waals surface area contributed by atoms with Crippen LogP contribution < -0.4 is 0 Å². The number of aliphatic hydroxyl groups excluding tert-OH is 1. The number of hydrogen-bond acceptors (Lipinski definition) is 3. The summed E-state index contributed by atoms with van der Waals surface area (Å²) < 4.78 is 1.83. The molecule has 0 aliphatic rings. The highest BCUT2D eigenvalue weighted by Crippen LogP contribution is 2.20. The van der Waals surface area contributed by atoms with E-state index in [1.54, 1.807) is 6.92 Å². The Morgan fingerprint density at radius 3 is 2.43 bits per heavy atom. The average Bonchev–Trinajstić information content (AvgIpc) is 2.97. The van der Waals surface area contributed by atoms with Crippen molar-refractivity contribution in [3.63, 3.8) is 0 Å². The van der Waals surface area contributed by atoms with Gasteiger partial charge in [0.25, 0.3) is 0 Å². The minimum absolute atomic E-state index is 0.451. The molecule has 0 bridgehead atoms. The van der Waals surface area contributed by atoms with Gasteiger partial charge in [-0.25, -0.2) is 4.68 Å². The lowest BCUT2D eigenvalue weighted by Crippen LogP contribution is -1.99. The first-order valence-electron chi connectivity index (χ1n) is 6.95. The molecule has 0 radical (unpaired) electrons. The fourth-order valence-electron chi connectivity index (χ4n) is 2.21. The van der Waals surface area contributed by atoms with E-state index in [0.29, 0.717) is 6.54 Å². The lowest BCUT2D eigenvalue weighted by molar-refractivity contribution is 0.199. The minimum atomic E-state index is -0.451. The van der Waals surface area contributed by atoms with Gasteiger partial charge in [-0.05, 0) is 18.1 Å². The van der Waals surface area contributed by atoms with Crippen LogP contribution in [0.1, 0.15) is 24.2 Å². The molecule has 1 N–H and O–H groups in total. The number of benzene rings is 2. The molecule has 4 nitrogen and oxygen atoms in total. The largest absolute Gasteiger partial charge is 0.389 e. The summed E-state index contributed by atoms with van der Waals surface area (Å²) >= 11 is 0. The van der Waals surface area contributed by atoms with Gasteiger partial charge in [0.1, 0.15) is 5.69 Å². The molecule has 4 heteroatoms. The Kier molecular flexibility index (Phi) is 3.79. The van der Waals surface area contributed by atoms with Gasteiger partial charge in [0.2, 0.25) is 0 Å². The zero-order valence-corrected chi connectivity index (χ0v) is 11.8. The predicted octanol–water partition coefficient (Wildman–Crippen LogP) is 3.05. The lowest BCUT2D eigenvalue weighted by Gasteiger charge is -2.04. The molecule has 0 saturated carbocycles. The third-order valence-corrected chi connectivity index (χ3v) is 3.41. The Balaban J connectivity index is 1.78. The first-order chi connectivity index (χ1) is 10.2. The van der Waals surface area contributed by atoms with Gasteiger partial charge in [-0.15, -0.1) is 5.10 Å². The Morgan fingerprint density at radius 1 is 1.05 bits per heavy atom. The summed E-state index contributed by atoms with van der Waals surface area (Å²) in [6.45, 7) is 2.46. The topological polar surface area (TPSA) is 50.9 Å². The summed E-state index contributed by atoms with van der Waals surface area (Å²) in [6.07, 6.45) is 1.48. The molecule has 3 rings (SSSR count). The molecule has 0 saturated heterocycles. The van der Waals surface area contributed by atoms with Crippen LogP contribution in [-0.4, -0.2) is 20.1 Å². The van der Waals surface area contributed by atoms with Crippen LogP contribution in [-0.2, 0) is 6.54 Å². The Bertz CT molecular complexity index is 702. The van der Waals surface area contributed by atoms with Gasteiger partial charge in [-0.3, -0.25) is 0 Å². The average molecular weight is 279 g/mol. The summed E-state index contributed by atoms with van der Waals surface area (Å²) in [6, 6.07) is 17.9. The van der Waals surface area contributed by atoms with Crippen LogP contribution in [0.25, 0.3) is 11.3 Å². The summed E-state index contributed by atoms with van der Waals surface area (Å²) in [4.78, 5) is 0. The van der Waals surface area contributed by atoms with Crippen molar-refractivity contribution in [2.24, 2.45) is 0 Å². The van der Waals surface area contributed by atoms with E-state index >= 15 is 0 Å². The molecule has 0 aliphatic heterocycles. The van der Waals surface area contributed by atoms with Crippen molar-refractivity contribution in [3.8, 4) is 11.3 Å². The summed E-state index contributed by atoms with van der Waals surface area (Å²) in [5.41, 5.74) is 3.93. The maximum absolute atomic E-state index is 9.52. The molecule has 0 amide bonds. The minimum Gasteiger partial charge on any atom is -0.389 e. The third-order valence-electron chi connectivity index (χ3n) is 3.41. The van der Waals surface area contributed by atoms with E-state index in [1.807, 2.05) is 53.3 Å². The van der Waals surface area contributed by atoms with Crippen LogP contribution in [0.15, 0.2) is 60.8 Å². The number of hydrogen-bond donors (Lipinski definition) is 1. The van der Waals surface area contributed by atoms with E-state index in [-0.39, 0.29) is 0 Å². The highest BCUT2D eigenvalue weighted by atomic mass is 16.3.